The summed E-state index contributed by atoms with van der Waals surface area (Å²) < 4.78 is 33.4. The lowest BCUT2D eigenvalue weighted by atomic mass is 9.93. The van der Waals surface area contributed by atoms with Gasteiger partial charge in [0, 0.05) is 29.8 Å². The van der Waals surface area contributed by atoms with Crippen molar-refractivity contribution in [3.05, 3.63) is 59.5 Å². The standard InChI is InChI=1S/C24H28N4O5S/c1-24(2,3)20-14-21(27-32-20)26-22(29)12-16-7-9-17(10-8-16)19-13-18-6-5-11-28(23(18)25-15-19)33-34(4,30)31/h7-10,13-15H,5-6,11-12H2,1-4H3,(H,26,27,29). The second-order valence-corrected chi connectivity index (χ2v) is 11.0. The van der Waals surface area contributed by atoms with Gasteiger partial charge in [0.05, 0.1) is 12.7 Å². The van der Waals surface area contributed by atoms with Crippen molar-refractivity contribution in [2.24, 2.45) is 0 Å². The number of fused-ring (bicyclic) bond motifs is 1. The third-order valence-electron chi connectivity index (χ3n) is 5.38. The maximum atomic E-state index is 12.4. The van der Waals surface area contributed by atoms with Gasteiger partial charge in [-0.1, -0.05) is 50.2 Å². The number of aryl methyl sites for hydroxylation is 1. The summed E-state index contributed by atoms with van der Waals surface area (Å²) in [6.07, 6.45) is 4.48. The van der Waals surface area contributed by atoms with Gasteiger partial charge in [0.1, 0.15) is 5.76 Å². The number of anilines is 2. The summed E-state index contributed by atoms with van der Waals surface area (Å²) in [7, 11) is -3.62. The van der Waals surface area contributed by atoms with E-state index in [0.29, 0.717) is 23.9 Å². The van der Waals surface area contributed by atoms with Crippen molar-refractivity contribution in [2.75, 3.05) is 23.2 Å². The largest absolute Gasteiger partial charge is 0.359 e. The third kappa shape index (κ3) is 5.81. The van der Waals surface area contributed by atoms with Crippen LogP contribution in [0.5, 0.6) is 0 Å². The van der Waals surface area contributed by atoms with Crippen LogP contribution in [-0.4, -0.2) is 37.3 Å². The summed E-state index contributed by atoms with van der Waals surface area (Å²) in [5.74, 6) is 1.46. The molecule has 10 heteroatoms. The Morgan fingerprint density at radius 1 is 1.18 bits per heavy atom. The summed E-state index contributed by atoms with van der Waals surface area (Å²) in [4.78, 5) is 16.9. The van der Waals surface area contributed by atoms with Crippen LogP contribution in [0.4, 0.5) is 11.6 Å². The monoisotopic (exact) mass is 484 g/mol. The molecular formula is C24H28N4O5S. The Balaban J connectivity index is 1.42. The Morgan fingerprint density at radius 2 is 1.91 bits per heavy atom. The molecule has 1 aromatic carbocycles. The van der Waals surface area contributed by atoms with E-state index in [4.69, 9.17) is 8.81 Å². The number of carbonyl (C=O) groups excluding carboxylic acids is 1. The van der Waals surface area contributed by atoms with Crippen molar-refractivity contribution in [1.82, 2.24) is 10.1 Å². The molecule has 1 amide bonds. The van der Waals surface area contributed by atoms with E-state index >= 15 is 0 Å². The molecule has 34 heavy (non-hydrogen) atoms. The minimum Gasteiger partial charge on any atom is -0.359 e. The SMILES string of the molecule is CC(C)(C)c1cc(NC(=O)Cc2ccc(-c3cnc4c(c3)CCCN4OS(C)(=O)=O)cc2)no1. The molecule has 1 aliphatic rings. The molecule has 0 aliphatic carbocycles. The minimum atomic E-state index is -3.62. The number of carbonyl (C=O) groups is 1. The Hall–Kier alpha value is -3.24. The topological polar surface area (TPSA) is 115 Å². The smallest absolute Gasteiger partial charge is 0.285 e. The van der Waals surface area contributed by atoms with E-state index < -0.39 is 10.1 Å². The molecule has 0 fully saturated rings. The van der Waals surface area contributed by atoms with Gasteiger partial charge in [0.2, 0.25) is 5.91 Å². The summed E-state index contributed by atoms with van der Waals surface area (Å²) in [5.41, 5.74) is 3.47. The van der Waals surface area contributed by atoms with Gasteiger partial charge in [-0.25, -0.2) is 10.0 Å². The normalized spacial score (nSPS) is 14.1. The highest BCUT2D eigenvalue weighted by Gasteiger charge is 2.23. The number of rotatable bonds is 6. The molecule has 0 unspecified atom stereocenters. The quantitative estimate of drug-likeness (QED) is 0.561. The first-order chi connectivity index (χ1) is 16.0. The van der Waals surface area contributed by atoms with Crippen molar-refractivity contribution >= 4 is 27.7 Å². The van der Waals surface area contributed by atoms with Crippen LogP contribution < -0.4 is 10.4 Å². The Morgan fingerprint density at radius 3 is 2.56 bits per heavy atom. The highest BCUT2D eigenvalue weighted by molar-refractivity contribution is 7.86. The fraction of sp³-hybridized carbons (Fsp3) is 0.375. The molecule has 3 aromatic rings. The first kappa shape index (κ1) is 23.9. The maximum Gasteiger partial charge on any atom is 0.285 e. The van der Waals surface area contributed by atoms with Gasteiger partial charge in [-0.2, -0.15) is 8.42 Å². The summed E-state index contributed by atoms with van der Waals surface area (Å²) in [6, 6.07) is 11.4. The molecule has 0 saturated carbocycles. The summed E-state index contributed by atoms with van der Waals surface area (Å²) in [5, 5.41) is 8.02. The van der Waals surface area contributed by atoms with Crippen LogP contribution in [-0.2, 0) is 37.5 Å². The first-order valence-electron chi connectivity index (χ1n) is 11.0. The van der Waals surface area contributed by atoms with Crippen LogP contribution >= 0.6 is 0 Å². The number of nitrogens with zero attached hydrogens (tertiary/aromatic N) is 3. The number of benzene rings is 1. The predicted molar refractivity (Wildman–Crippen MR) is 129 cm³/mol. The fourth-order valence-electron chi connectivity index (χ4n) is 3.70. The molecule has 3 heterocycles. The molecule has 1 aliphatic heterocycles. The fourth-order valence-corrected chi connectivity index (χ4v) is 4.17. The summed E-state index contributed by atoms with van der Waals surface area (Å²) >= 11 is 0. The minimum absolute atomic E-state index is 0.178. The molecule has 2 aromatic heterocycles. The molecule has 0 bridgehead atoms. The molecular weight excluding hydrogens is 456 g/mol. The van der Waals surface area contributed by atoms with Crippen molar-refractivity contribution < 1.29 is 22.0 Å². The zero-order chi connectivity index (χ0) is 24.5. The van der Waals surface area contributed by atoms with Crippen LogP contribution in [0.3, 0.4) is 0 Å². The molecule has 4 rings (SSSR count). The van der Waals surface area contributed by atoms with Gasteiger partial charge in [-0.05, 0) is 35.6 Å². The van der Waals surface area contributed by atoms with E-state index in [1.807, 2.05) is 51.1 Å². The van der Waals surface area contributed by atoms with Crippen LogP contribution in [0.25, 0.3) is 11.1 Å². The van der Waals surface area contributed by atoms with Crippen LogP contribution in [0.15, 0.2) is 47.1 Å². The van der Waals surface area contributed by atoms with E-state index in [2.05, 4.69) is 15.5 Å². The Labute approximate surface area is 199 Å². The van der Waals surface area contributed by atoms with Crippen molar-refractivity contribution in [3.63, 3.8) is 0 Å². The number of hydroxylamine groups is 1. The molecule has 1 N–H and O–H groups in total. The zero-order valence-corrected chi connectivity index (χ0v) is 20.5. The molecule has 0 saturated heterocycles. The van der Waals surface area contributed by atoms with Gasteiger partial charge in [0.25, 0.3) is 10.1 Å². The molecule has 0 atom stereocenters. The number of hydrogen-bond donors (Lipinski definition) is 1. The van der Waals surface area contributed by atoms with Crippen LogP contribution in [0.1, 0.15) is 44.1 Å². The van der Waals surface area contributed by atoms with Gasteiger partial charge in [0.15, 0.2) is 11.6 Å². The highest BCUT2D eigenvalue weighted by atomic mass is 32.2. The van der Waals surface area contributed by atoms with E-state index in [1.165, 1.54) is 5.06 Å². The van der Waals surface area contributed by atoms with E-state index in [0.717, 1.165) is 41.4 Å². The van der Waals surface area contributed by atoms with Gasteiger partial charge in [-0.3, -0.25) is 4.79 Å². The number of aromatic nitrogens is 2. The van der Waals surface area contributed by atoms with Gasteiger partial charge in [-0.15, -0.1) is 4.28 Å². The third-order valence-corrected chi connectivity index (χ3v) is 5.83. The number of pyridine rings is 1. The lowest BCUT2D eigenvalue weighted by Crippen LogP contribution is -2.32. The molecule has 0 radical (unpaired) electrons. The van der Waals surface area contributed by atoms with E-state index in [-0.39, 0.29) is 17.7 Å². The Kier molecular flexibility index (Phi) is 6.46. The van der Waals surface area contributed by atoms with Gasteiger partial charge < -0.3 is 9.84 Å². The molecule has 0 spiro atoms. The average Bonchev–Trinajstić information content (AvgIpc) is 3.22. The zero-order valence-electron chi connectivity index (χ0n) is 19.7. The van der Waals surface area contributed by atoms with Crippen molar-refractivity contribution in [2.45, 2.75) is 45.4 Å². The van der Waals surface area contributed by atoms with E-state index in [9.17, 15) is 13.2 Å². The average molecular weight is 485 g/mol. The number of amides is 1. The number of nitrogens with one attached hydrogen (secondary N) is 1. The van der Waals surface area contributed by atoms with Gasteiger partial charge >= 0.3 is 0 Å². The lowest BCUT2D eigenvalue weighted by Gasteiger charge is -2.27. The number of hydrogen-bond acceptors (Lipinski definition) is 8. The van der Waals surface area contributed by atoms with Crippen molar-refractivity contribution in [1.29, 1.82) is 0 Å². The maximum absolute atomic E-state index is 12.4. The Bertz CT molecular complexity index is 1290. The highest BCUT2D eigenvalue weighted by Crippen LogP contribution is 2.30. The molecule has 180 valence electrons. The van der Waals surface area contributed by atoms with Crippen LogP contribution in [0, 0.1) is 0 Å². The van der Waals surface area contributed by atoms with Crippen molar-refractivity contribution in [3.8, 4) is 11.1 Å². The first-order valence-corrected chi connectivity index (χ1v) is 12.8. The predicted octanol–water partition coefficient (Wildman–Crippen LogP) is 3.86. The lowest BCUT2D eigenvalue weighted by molar-refractivity contribution is -0.115. The second kappa shape index (κ2) is 9.19. The van der Waals surface area contributed by atoms with E-state index in [1.54, 1.807) is 12.3 Å². The molecule has 9 nitrogen and oxygen atoms in total. The summed E-state index contributed by atoms with van der Waals surface area (Å²) in [6.45, 7) is 6.50. The second-order valence-electron chi connectivity index (χ2n) is 9.44. The van der Waals surface area contributed by atoms with Crippen LogP contribution in [0.2, 0.25) is 0 Å².